The van der Waals surface area contributed by atoms with Gasteiger partial charge in [0.2, 0.25) is 0 Å². The smallest absolute Gasteiger partial charge is 0.339 e. The molecule has 0 radical (unpaired) electrons. The molecular weight excluding hydrogens is 252 g/mol. The predicted octanol–water partition coefficient (Wildman–Crippen LogP) is 2.16. The summed E-state index contributed by atoms with van der Waals surface area (Å²) < 4.78 is 5.61. The lowest BCUT2D eigenvalue weighted by Gasteiger charge is -2.29. The van der Waals surface area contributed by atoms with Crippen LogP contribution < -0.4 is 15.8 Å². The van der Waals surface area contributed by atoms with E-state index in [4.69, 9.17) is 4.42 Å². The zero-order valence-corrected chi connectivity index (χ0v) is 11.8. The van der Waals surface area contributed by atoms with Gasteiger partial charge < -0.3 is 14.6 Å². The molecule has 0 amide bonds. The molecular formula is C16H20N2O2. The lowest BCUT2D eigenvalue weighted by Crippen LogP contribution is -2.43. The number of hydrogen-bond acceptors (Lipinski definition) is 4. The van der Waals surface area contributed by atoms with Crippen LogP contribution in [-0.4, -0.2) is 26.2 Å². The van der Waals surface area contributed by atoms with Crippen LogP contribution in [0.1, 0.15) is 18.9 Å². The minimum atomic E-state index is -0.193. The average Bonchev–Trinajstić information content (AvgIpc) is 2.49. The van der Waals surface area contributed by atoms with Gasteiger partial charge in [0.25, 0.3) is 0 Å². The fourth-order valence-electron chi connectivity index (χ4n) is 2.77. The summed E-state index contributed by atoms with van der Waals surface area (Å²) in [6, 6.07) is 8.07. The van der Waals surface area contributed by atoms with Gasteiger partial charge in [0.05, 0.1) is 5.69 Å². The lowest BCUT2D eigenvalue weighted by molar-refractivity contribution is 0.542. The topological polar surface area (TPSA) is 45.5 Å². The molecule has 0 bridgehead atoms. The van der Waals surface area contributed by atoms with Gasteiger partial charge in [-0.25, -0.2) is 4.79 Å². The fourth-order valence-corrected chi connectivity index (χ4v) is 2.77. The second kappa shape index (κ2) is 5.67. The van der Waals surface area contributed by atoms with Crippen LogP contribution >= 0.6 is 0 Å². The molecule has 2 heterocycles. The third kappa shape index (κ3) is 2.43. The second-order valence-corrected chi connectivity index (χ2v) is 5.24. The Balaban J connectivity index is 2.09. The molecule has 1 aliphatic rings. The van der Waals surface area contributed by atoms with Crippen LogP contribution in [0.3, 0.4) is 0 Å². The van der Waals surface area contributed by atoms with Crippen molar-refractivity contribution >= 4 is 16.7 Å². The van der Waals surface area contributed by atoms with Crippen LogP contribution in [0.4, 0.5) is 5.69 Å². The maximum atomic E-state index is 12.1. The molecule has 3 rings (SSSR count). The van der Waals surface area contributed by atoms with Gasteiger partial charge in [-0.3, -0.25) is 0 Å². The van der Waals surface area contributed by atoms with Crippen molar-refractivity contribution in [2.24, 2.45) is 0 Å². The average molecular weight is 272 g/mol. The number of fused-ring (bicyclic) bond motifs is 1. The molecule has 2 aromatic rings. The summed E-state index contributed by atoms with van der Waals surface area (Å²) in [4.78, 5) is 14.3. The maximum absolute atomic E-state index is 12.1. The molecule has 4 nitrogen and oxygen atoms in total. The molecule has 1 saturated heterocycles. The molecule has 1 aliphatic heterocycles. The Labute approximate surface area is 118 Å². The highest BCUT2D eigenvalue weighted by Gasteiger charge is 2.15. The van der Waals surface area contributed by atoms with Gasteiger partial charge in [0.1, 0.15) is 0 Å². The van der Waals surface area contributed by atoms with E-state index >= 15 is 0 Å². The minimum absolute atomic E-state index is 0.193. The summed E-state index contributed by atoms with van der Waals surface area (Å²) in [6.07, 6.45) is 1.73. The SMILES string of the molecule is CCCc1cc2cccc(N3CCNCC3)c2oc1=O. The van der Waals surface area contributed by atoms with Crippen LogP contribution in [-0.2, 0) is 6.42 Å². The number of aryl methyl sites for hydroxylation is 1. The van der Waals surface area contributed by atoms with Crippen LogP contribution in [0.5, 0.6) is 0 Å². The third-order valence-electron chi connectivity index (χ3n) is 3.79. The zero-order chi connectivity index (χ0) is 13.9. The van der Waals surface area contributed by atoms with Gasteiger partial charge in [-0.2, -0.15) is 0 Å². The largest absolute Gasteiger partial charge is 0.420 e. The van der Waals surface area contributed by atoms with E-state index in [1.54, 1.807) is 0 Å². The second-order valence-electron chi connectivity index (χ2n) is 5.24. The Kier molecular flexibility index (Phi) is 3.74. The summed E-state index contributed by atoms with van der Waals surface area (Å²) in [5, 5.41) is 4.35. The third-order valence-corrected chi connectivity index (χ3v) is 3.79. The van der Waals surface area contributed by atoms with E-state index < -0.39 is 0 Å². The molecule has 1 aromatic heterocycles. The molecule has 1 aromatic carbocycles. The van der Waals surface area contributed by atoms with Crippen molar-refractivity contribution in [3.63, 3.8) is 0 Å². The quantitative estimate of drug-likeness (QED) is 0.870. The van der Waals surface area contributed by atoms with Gasteiger partial charge in [0.15, 0.2) is 5.58 Å². The maximum Gasteiger partial charge on any atom is 0.339 e. The molecule has 1 fully saturated rings. The van der Waals surface area contributed by atoms with Crippen molar-refractivity contribution in [1.29, 1.82) is 0 Å². The summed E-state index contributed by atoms with van der Waals surface area (Å²) in [6.45, 7) is 5.89. The Morgan fingerprint density at radius 3 is 2.85 bits per heavy atom. The molecule has 0 unspecified atom stereocenters. The highest BCUT2D eigenvalue weighted by atomic mass is 16.4. The first-order valence-corrected chi connectivity index (χ1v) is 7.31. The number of benzene rings is 1. The number of anilines is 1. The Morgan fingerprint density at radius 2 is 2.10 bits per heavy atom. The summed E-state index contributed by atoms with van der Waals surface area (Å²) >= 11 is 0. The monoisotopic (exact) mass is 272 g/mol. The highest BCUT2D eigenvalue weighted by Crippen LogP contribution is 2.26. The van der Waals surface area contributed by atoms with Crippen LogP contribution in [0.15, 0.2) is 33.5 Å². The van der Waals surface area contributed by atoms with Gasteiger partial charge in [-0.15, -0.1) is 0 Å². The van der Waals surface area contributed by atoms with E-state index in [9.17, 15) is 4.79 Å². The molecule has 0 saturated carbocycles. The molecule has 20 heavy (non-hydrogen) atoms. The van der Waals surface area contributed by atoms with Crippen LogP contribution in [0.2, 0.25) is 0 Å². The molecule has 1 N–H and O–H groups in total. The standard InChI is InChI=1S/C16H20N2O2/c1-2-4-13-11-12-5-3-6-14(15(12)20-16(13)19)18-9-7-17-8-10-18/h3,5-6,11,17H,2,4,7-10H2,1H3. The normalized spacial score (nSPS) is 15.8. The first kappa shape index (κ1) is 13.2. The van der Waals surface area contributed by atoms with Gasteiger partial charge in [0, 0.05) is 37.1 Å². The predicted molar refractivity (Wildman–Crippen MR) is 81.6 cm³/mol. The van der Waals surface area contributed by atoms with Crippen LogP contribution in [0, 0.1) is 0 Å². The number of rotatable bonds is 3. The molecule has 0 spiro atoms. The van der Waals surface area contributed by atoms with Crippen molar-refractivity contribution in [3.8, 4) is 0 Å². The summed E-state index contributed by atoms with van der Waals surface area (Å²) in [5.41, 5.74) is 2.34. The number of hydrogen-bond donors (Lipinski definition) is 1. The number of nitrogens with one attached hydrogen (secondary N) is 1. The summed E-state index contributed by atoms with van der Waals surface area (Å²) in [7, 11) is 0. The van der Waals surface area contributed by atoms with Gasteiger partial charge in [-0.1, -0.05) is 25.5 Å². The van der Waals surface area contributed by atoms with Crippen LogP contribution in [0.25, 0.3) is 11.0 Å². The molecule has 0 atom stereocenters. The van der Waals surface area contributed by atoms with Crippen molar-refractivity contribution in [1.82, 2.24) is 5.32 Å². The molecule has 4 heteroatoms. The van der Waals surface area contributed by atoms with E-state index in [0.717, 1.165) is 61.2 Å². The van der Waals surface area contributed by atoms with Gasteiger partial charge in [-0.05, 0) is 18.6 Å². The van der Waals surface area contributed by atoms with E-state index in [1.807, 2.05) is 24.3 Å². The Hall–Kier alpha value is -1.81. The fraction of sp³-hybridized carbons (Fsp3) is 0.438. The minimum Gasteiger partial charge on any atom is -0.420 e. The van der Waals surface area contributed by atoms with E-state index in [-0.39, 0.29) is 5.63 Å². The van der Waals surface area contributed by atoms with E-state index in [1.165, 1.54) is 0 Å². The summed E-state index contributed by atoms with van der Waals surface area (Å²) in [5.74, 6) is 0. The molecule has 0 aliphatic carbocycles. The number of para-hydroxylation sites is 1. The number of piperazine rings is 1. The first-order chi connectivity index (χ1) is 9.79. The highest BCUT2D eigenvalue weighted by molar-refractivity contribution is 5.89. The van der Waals surface area contributed by atoms with Crippen molar-refractivity contribution in [2.45, 2.75) is 19.8 Å². The Bertz CT molecular complexity index is 657. The zero-order valence-electron chi connectivity index (χ0n) is 11.8. The van der Waals surface area contributed by atoms with E-state index in [0.29, 0.717) is 0 Å². The molecule has 106 valence electrons. The van der Waals surface area contributed by atoms with Gasteiger partial charge >= 0.3 is 5.63 Å². The van der Waals surface area contributed by atoms with Crippen molar-refractivity contribution in [3.05, 3.63) is 40.2 Å². The number of nitrogens with zero attached hydrogens (tertiary/aromatic N) is 1. The Morgan fingerprint density at radius 1 is 1.30 bits per heavy atom. The first-order valence-electron chi connectivity index (χ1n) is 7.31. The van der Waals surface area contributed by atoms with Crippen molar-refractivity contribution in [2.75, 3.05) is 31.1 Å². The lowest BCUT2D eigenvalue weighted by atomic mass is 10.1. The van der Waals surface area contributed by atoms with E-state index in [2.05, 4.69) is 17.1 Å². The van der Waals surface area contributed by atoms with Crippen molar-refractivity contribution < 1.29 is 4.42 Å².